The maximum absolute atomic E-state index is 2.52. The molecule has 1 fully saturated rings. The zero-order chi connectivity index (χ0) is 7.40. The van der Waals surface area contributed by atoms with Gasteiger partial charge in [0.15, 0.2) is 0 Å². The van der Waals surface area contributed by atoms with E-state index in [4.69, 9.17) is 0 Å². The number of hydrogen-bond acceptors (Lipinski definition) is 1. The normalized spacial score (nSPS) is 30.0. The van der Waals surface area contributed by atoms with Crippen LogP contribution in [0, 0.1) is 0 Å². The third-order valence-corrected chi connectivity index (χ3v) is 2.64. The van der Waals surface area contributed by atoms with Gasteiger partial charge in [-0.1, -0.05) is 19.8 Å². The number of rotatable bonds is 1. The number of likely N-dealkylation sites (tertiary alicyclic amines) is 1. The molecule has 1 saturated heterocycles. The van der Waals surface area contributed by atoms with Crippen molar-refractivity contribution in [3.63, 3.8) is 0 Å². The van der Waals surface area contributed by atoms with Gasteiger partial charge in [-0.25, -0.2) is 0 Å². The van der Waals surface area contributed by atoms with Gasteiger partial charge in [-0.3, -0.25) is 0 Å². The van der Waals surface area contributed by atoms with E-state index in [0.29, 0.717) is 0 Å². The van der Waals surface area contributed by atoms with Gasteiger partial charge in [0.2, 0.25) is 0 Å². The Kier molecular flexibility index (Phi) is 3.20. The summed E-state index contributed by atoms with van der Waals surface area (Å²) in [6.07, 6.45) is 7.06. The van der Waals surface area contributed by atoms with E-state index in [9.17, 15) is 0 Å². The first-order chi connectivity index (χ1) is 4.84. The van der Waals surface area contributed by atoms with Crippen LogP contribution in [0.2, 0.25) is 0 Å². The van der Waals surface area contributed by atoms with Crippen LogP contribution < -0.4 is 0 Å². The summed E-state index contributed by atoms with van der Waals surface area (Å²) in [5.74, 6) is 0. The molecule has 1 aliphatic heterocycles. The first-order valence-corrected chi connectivity index (χ1v) is 4.55. The minimum Gasteiger partial charge on any atom is -0.303 e. The standard InChI is InChI=1S/C9H19N/c1-3-9-7-5-4-6-8-10(9)2/h9H,3-8H2,1-2H3. The van der Waals surface area contributed by atoms with Crippen LogP contribution in [0.1, 0.15) is 39.0 Å². The van der Waals surface area contributed by atoms with Gasteiger partial charge in [0.1, 0.15) is 0 Å². The number of nitrogens with zero attached hydrogens (tertiary/aromatic N) is 1. The smallest absolute Gasteiger partial charge is 0.00895 e. The molecule has 1 heteroatoms. The van der Waals surface area contributed by atoms with Crippen molar-refractivity contribution in [2.75, 3.05) is 13.6 Å². The Balaban J connectivity index is 2.35. The first-order valence-electron chi connectivity index (χ1n) is 4.55. The Morgan fingerprint density at radius 2 is 2.10 bits per heavy atom. The van der Waals surface area contributed by atoms with Gasteiger partial charge in [-0.2, -0.15) is 0 Å². The largest absolute Gasteiger partial charge is 0.303 e. The van der Waals surface area contributed by atoms with Gasteiger partial charge in [-0.05, 0) is 32.9 Å². The maximum atomic E-state index is 2.52. The molecule has 1 rings (SSSR count). The van der Waals surface area contributed by atoms with E-state index >= 15 is 0 Å². The van der Waals surface area contributed by atoms with Crippen molar-refractivity contribution in [3.05, 3.63) is 0 Å². The molecule has 0 aromatic carbocycles. The SMILES string of the molecule is CCC1CCCCCN1C. The Morgan fingerprint density at radius 3 is 2.80 bits per heavy atom. The lowest BCUT2D eigenvalue weighted by molar-refractivity contribution is 0.241. The van der Waals surface area contributed by atoms with Gasteiger partial charge in [0.25, 0.3) is 0 Å². The van der Waals surface area contributed by atoms with Gasteiger partial charge in [0, 0.05) is 6.04 Å². The zero-order valence-corrected chi connectivity index (χ0v) is 7.27. The number of hydrogen-bond donors (Lipinski definition) is 0. The fourth-order valence-electron chi connectivity index (χ4n) is 1.84. The predicted molar refractivity (Wildman–Crippen MR) is 45.2 cm³/mol. The molecule has 0 bridgehead atoms. The topological polar surface area (TPSA) is 3.24 Å². The van der Waals surface area contributed by atoms with E-state index < -0.39 is 0 Å². The Labute approximate surface area is 64.4 Å². The molecule has 1 unspecified atom stereocenters. The molecule has 10 heavy (non-hydrogen) atoms. The Bertz CT molecular complexity index is 90.7. The highest BCUT2D eigenvalue weighted by molar-refractivity contribution is 4.70. The van der Waals surface area contributed by atoms with Crippen LogP contribution in [0.15, 0.2) is 0 Å². The zero-order valence-electron chi connectivity index (χ0n) is 7.27. The minimum atomic E-state index is 0.877. The van der Waals surface area contributed by atoms with Gasteiger partial charge < -0.3 is 4.90 Å². The Morgan fingerprint density at radius 1 is 1.30 bits per heavy atom. The molecule has 0 amide bonds. The molecule has 60 valence electrons. The molecule has 1 atom stereocenters. The lowest BCUT2D eigenvalue weighted by Gasteiger charge is -2.23. The van der Waals surface area contributed by atoms with Gasteiger partial charge in [-0.15, -0.1) is 0 Å². The van der Waals surface area contributed by atoms with Gasteiger partial charge in [0.05, 0.1) is 0 Å². The summed E-state index contributed by atoms with van der Waals surface area (Å²) in [7, 11) is 2.26. The van der Waals surface area contributed by atoms with Crippen molar-refractivity contribution in [3.8, 4) is 0 Å². The lowest BCUT2D eigenvalue weighted by atomic mass is 10.1. The highest BCUT2D eigenvalue weighted by atomic mass is 15.1. The average Bonchev–Trinajstić information content (AvgIpc) is 2.13. The summed E-state index contributed by atoms with van der Waals surface area (Å²) >= 11 is 0. The van der Waals surface area contributed by atoms with Crippen LogP contribution in [0.25, 0.3) is 0 Å². The molecule has 0 saturated carbocycles. The van der Waals surface area contributed by atoms with E-state index in [1.54, 1.807) is 0 Å². The molecule has 0 aromatic rings. The summed E-state index contributed by atoms with van der Waals surface area (Å²) in [6, 6.07) is 0.877. The van der Waals surface area contributed by atoms with Crippen LogP contribution >= 0.6 is 0 Å². The molecule has 1 heterocycles. The van der Waals surface area contributed by atoms with Crippen LogP contribution in [-0.4, -0.2) is 24.5 Å². The van der Waals surface area contributed by atoms with E-state index in [0.717, 1.165) is 6.04 Å². The summed E-state index contributed by atoms with van der Waals surface area (Å²) in [5, 5.41) is 0. The van der Waals surface area contributed by atoms with E-state index in [1.807, 2.05) is 0 Å². The molecule has 0 N–H and O–H groups in total. The first kappa shape index (κ1) is 8.06. The van der Waals surface area contributed by atoms with Crippen molar-refractivity contribution < 1.29 is 0 Å². The summed E-state index contributed by atoms with van der Waals surface area (Å²) in [4.78, 5) is 2.52. The molecule has 0 aliphatic carbocycles. The predicted octanol–water partition coefficient (Wildman–Crippen LogP) is 2.27. The summed E-state index contributed by atoms with van der Waals surface area (Å²) in [5.41, 5.74) is 0. The van der Waals surface area contributed by atoms with Crippen LogP contribution in [0.5, 0.6) is 0 Å². The third-order valence-electron chi connectivity index (χ3n) is 2.64. The van der Waals surface area contributed by atoms with E-state index in [1.165, 1.54) is 38.6 Å². The van der Waals surface area contributed by atoms with E-state index in [2.05, 4.69) is 18.9 Å². The molecule has 1 nitrogen and oxygen atoms in total. The van der Waals surface area contributed by atoms with Crippen molar-refractivity contribution in [2.24, 2.45) is 0 Å². The van der Waals surface area contributed by atoms with Crippen molar-refractivity contribution in [1.82, 2.24) is 4.90 Å². The second kappa shape index (κ2) is 3.97. The summed E-state index contributed by atoms with van der Waals surface area (Å²) in [6.45, 7) is 3.62. The van der Waals surface area contributed by atoms with Crippen molar-refractivity contribution in [1.29, 1.82) is 0 Å². The highest BCUT2D eigenvalue weighted by Crippen LogP contribution is 2.16. The molecular formula is C9H19N. The lowest BCUT2D eigenvalue weighted by Crippen LogP contribution is -2.30. The second-order valence-corrected chi connectivity index (χ2v) is 3.39. The quantitative estimate of drug-likeness (QED) is 0.541. The molecule has 1 aliphatic rings. The molecule has 0 radical (unpaired) electrons. The van der Waals surface area contributed by atoms with Crippen LogP contribution in [0.3, 0.4) is 0 Å². The fraction of sp³-hybridized carbons (Fsp3) is 1.00. The maximum Gasteiger partial charge on any atom is 0.00895 e. The summed E-state index contributed by atoms with van der Waals surface area (Å²) < 4.78 is 0. The monoisotopic (exact) mass is 141 g/mol. The van der Waals surface area contributed by atoms with E-state index in [-0.39, 0.29) is 0 Å². The van der Waals surface area contributed by atoms with Crippen LogP contribution in [0.4, 0.5) is 0 Å². The highest BCUT2D eigenvalue weighted by Gasteiger charge is 2.14. The average molecular weight is 141 g/mol. The molecule has 0 spiro atoms. The second-order valence-electron chi connectivity index (χ2n) is 3.39. The van der Waals surface area contributed by atoms with Crippen molar-refractivity contribution in [2.45, 2.75) is 45.1 Å². The van der Waals surface area contributed by atoms with Crippen LogP contribution in [-0.2, 0) is 0 Å². The third kappa shape index (κ3) is 1.98. The molecular weight excluding hydrogens is 122 g/mol. The Hall–Kier alpha value is -0.0400. The molecule has 0 aromatic heterocycles. The van der Waals surface area contributed by atoms with Gasteiger partial charge >= 0.3 is 0 Å². The fourth-order valence-corrected chi connectivity index (χ4v) is 1.84. The van der Waals surface area contributed by atoms with Crippen molar-refractivity contribution >= 4 is 0 Å². The minimum absolute atomic E-state index is 0.877.